The third kappa shape index (κ3) is 3.12. The summed E-state index contributed by atoms with van der Waals surface area (Å²) in [6, 6.07) is 4.63. The van der Waals surface area contributed by atoms with E-state index in [1.54, 1.807) is 0 Å². The van der Waals surface area contributed by atoms with Crippen molar-refractivity contribution in [1.29, 1.82) is 0 Å². The van der Waals surface area contributed by atoms with Crippen molar-refractivity contribution in [3.05, 3.63) is 40.7 Å². The van der Waals surface area contributed by atoms with Gasteiger partial charge in [0.1, 0.15) is 17.5 Å². The molecule has 0 aliphatic heterocycles. The van der Waals surface area contributed by atoms with Gasteiger partial charge in [0.2, 0.25) is 0 Å². The molecule has 0 amide bonds. The summed E-state index contributed by atoms with van der Waals surface area (Å²) in [5.41, 5.74) is 10.6. The van der Waals surface area contributed by atoms with Crippen LogP contribution < -0.4 is 5.73 Å². The van der Waals surface area contributed by atoms with Crippen LogP contribution in [0.5, 0.6) is 0 Å². The Morgan fingerprint density at radius 3 is 2.65 bits per heavy atom. The van der Waals surface area contributed by atoms with E-state index in [-0.39, 0.29) is 0 Å². The van der Waals surface area contributed by atoms with E-state index in [9.17, 15) is 0 Å². The Bertz CT molecular complexity index is 894. The van der Waals surface area contributed by atoms with Gasteiger partial charge in [0.25, 0.3) is 0 Å². The van der Waals surface area contributed by atoms with Crippen LogP contribution in [-0.2, 0) is 20.1 Å². The van der Waals surface area contributed by atoms with Crippen LogP contribution in [0.1, 0.15) is 47.4 Å². The Morgan fingerprint density at radius 2 is 1.92 bits per heavy atom. The van der Waals surface area contributed by atoms with Crippen LogP contribution in [0.25, 0.3) is 11.0 Å². The lowest BCUT2D eigenvalue weighted by Gasteiger charge is -2.31. The van der Waals surface area contributed by atoms with Crippen LogP contribution in [0.4, 0.5) is 0 Å². The van der Waals surface area contributed by atoms with Gasteiger partial charge in [-0.25, -0.2) is 4.98 Å². The number of fused-ring (bicyclic) bond motifs is 1. The van der Waals surface area contributed by atoms with E-state index in [0.717, 1.165) is 54.4 Å². The minimum absolute atomic E-state index is 0.322. The highest BCUT2D eigenvalue weighted by molar-refractivity contribution is 5.77. The fourth-order valence-corrected chi connectivity index (χ4v) is 3.69. The van der Waals surface area contributed by atoms with E-state index in [2.05, 4.69) is 64.7 Å². The maximum Gasteiger partial charge on any atom is 0.146 e. The number of hydrogen-bond acceptors (Lipinski definition) is 5. The highest BCUT2D eigenvalue weighted by Crippen LogP contribution is 2.34. The zero-order valence-corrected chi connectivity index (χ0v) is 16.0. The van der Waals surface area contributed by atoms with Crippen molar-refractivity contribution in [2.45, 2.75) is 51.7 Å². The van der Waals surface area contributed by atoms with Crippen molar-refractivity contribution in [2.24, 2.45) is 12.8 Å². The lowest BCUT2D eigenvalue weighted by molar-refractivity contribution is 0.297. The van der Waals surface area contributed by atoms with Crippen LogP contribution >= 0.6 is 0 Å². The van der Waals surface area contributed by atoms with Crippen LogP contribution in [0, 0.1) is 13.8 Å². The summed E-state index contributed by atoms with van der Waals surface area (Å²) in [7, 11) is 4.13. The average molecular weight is 353 g/mol. The SMILES string of the molecule is Cc1cc2nc(CN(C)Cc3nnc(C4CC(N)C4)n3C)[nH]c2cc1C. The Balaban J connectivity index is 1.45. The van der Waals surface area contributed by atoms with E-state index in [1.807, 2.05) is 0 Å². The Morgan fingerprint density at radius 1 is 1.19 bits per heavy atom. The molecule has 3 aromatic rings. The van der Waals surface area contributed by atoms with E-state index < -0.39 is 0 Å². The highest BCUT2D eigenvalue weighted by Gasteiger charge is 2.31. The smallest absolute Gasteiger partial charge is 0.146 e. The van der Waals surface area contributed by atoms with Crippen molar-refractivity contribution >= 4 is 11.0 Å². The van der Waals surface area contributed by atoms with Gasteiger partial charge in [0.05, 0.1) is 24.1 Å². The molecule has 1 aliphatic rings. The summed E-state index contributed by atoms with van der Waals surface area (Å²) in [6.45, 7) is 5.72. The number of aryl methyl sites for hydroxylation is 2. The Kier molecular flexibility index (Phi) is 4.28. The lowest BCUT2D eigenvalue weighted by Crippen LogP contribution is -2.36. The summed E-state index contributed by atoms with van der Waals surface area (Å²) in [5, 5.41) is 8.78. The topological polar surface area (TPSA) is 88.7 Å². The number of nitrogens with zero attached hydrogens (tertiary/aromatic N) is 5. The summed E-state index contributed by atoms with van der Waals surface area (Å²) in [6.07, 6.45) is 2.03. The van der Waals surface area contributed by atoms with Gasteiger partial charge in [-0.1, -0.05) is 0 Å². The molecule has 0 saturated heterocycles. The number of nitrogens with two attached hydrogens (primary N) is 1. The van der Waals surface area contributed by atoms with Crippen LogP contribution in [-0.4, -0.2) is 42.7 Å². The van der Waals surface area contributed by atoms with E-state index in [0.29, 0.717) is 12.0 Å². The van der Waals surface area contributed by atoms with Crippen molar-refractivity contribution in [3.63, 3.8) is 0 Å². The number of aromatic amines is 1. The van der Waals surface area contributed by atoms with Crippen molar-refractivity contribution in [1.82, 2.24) is 29.6 Å². The number of H-pyrrole nitrogens is 1. The second-order valence-corrected chi connectivity index (χ2v) is 7.77. The van der Waals surface area contributed by atoms with Crippen molar-refractivity contribution in [2.75, 3.05) is 7.05 Å². The molecule has 1 aromatic carbocycles. The fourth-order valence-electron chi connectivity index (χ4n) is 3.69. The van der Waals surface area contributed by atoms with Gasteiger partial charge in [-0.05, 0) is 57.0 Å². The molecule has 2 aromatic heterocycles. The van der Waals surface area contributed by atoms with Crippen molar-refractivity contribution < 1.29 is 0 Å². The number of imidazole rings is 1. The highest BCUT2D eigenvalue weighted by atomic mass is 15.3. The van der Waals surface area contributed by atoms with Crippen molar-refractivity contribution in [3.8, 4) is 0 Å². The molecule has 2 heterocycles. The lowest BCUT2D eigenvalue weighted by atomic mass is 9.80. The normalized spacial score (nSPS) is 20.1. The van der Waals surface area contributed by atoms with Gasteiger partial charge in [-0.2, -0.15) is 0 Å². The number of rotatable bonds is 5. The second-order valence-electron chi connectivity index (χ2n) is 7.77. The zero-order valence-electron chi connectivity index (χ0n) is 16.0. The van der Waals surface area contributed by atoms with E-state index in [4.69, 9.17) is 10.7 Å². The zero-order chi connectivity index (χ0) is 18.4. The quantitative estimate of drug-likeness (QED) is 0.734. The van der Waals surface area contributed by atoms with Gasteiger partial charge in [-0.3, -0.25) is 4.90 Å². The summed E-state index contributed by atoms with van der Waals surface area (Å²) in [4.78, 5) is 10.4. The molecule has 7 nitrogen and oxygen atoms in total. The molecule has 0 atom stereocenters. The molecule has 1 aliphatic carbocycles. The molecule has 1 fully saturated rings. The van der Waals surface area contributed by atoms with Gasteiger partial charge >= 0.3 is 0 Å². The molecular formula is C19H27N7. The molecule has 0 spiro atoms. The van der Waals surface area contributed by atoms with Gasteiger partial charge in [0, 0.05) is 19.0 Å². The van der Waals surface area contributed by atoms with Gasteiger partial charge in [0.15, 0.2) is 0 Å². The van der Waals surface area contributed by atoms with E-state index >= 15 is 0 Å². The average Bonchev–Trinajstić information content (AvgIpc) is 3.08. The Hall–Kier alpha value is -2.25. The first kappa shape index (κ1) is 17.2. The summed E-state index contributed by atoms with van der Waals surface area (Å²) < 4.78 is 2.12. The maximum atomic E-state index is 5.90. The standard InChI is InChI=1S/C19H27N7/c1-11-5-15-16(6-12(11)2)22-17(21-15)9-25(3)10-18-23-24-19(26(18)4)13-7-14(20)8-13/h5-6,13-14H,7-10,20H2,1-4H3,(H,21,22). The van der Waals surface area contributed by atoms with E-state index in [1.165, 1.54) is 11.1 Å². The molecule has 7 heteroatoms. The molecule has 0 bridgehead atoms. The molecule has 138 valence electrons. The molecular weight excluding hydrogens is 326 g/mol. The van der Waals surface area contributed by atoms with Crippen LogP contribution in [0.2, 0.25) is 0 Å². The van der Waals surface area contributed by atoms with Crippen LogP contribution in [0.15, 0.2) is 12.1 Å². The molecule has 0 unspecified atom stereocenters. The number of hydrogen-bond donors (Lipinski definition) is 2. The number of nitrogens with one attached hydrogen (secondary N) is 1. The van der Waals surface area contributed by atoms with Crippen LogP contribution in [0.3, 0.4) is 0 Å². The predicted molar refractivity (Wildman–Crippen MR) is 102 cm³/mol. The Labute approximate surface area is 153 Å². The first-order valence-electron chi connectivity index (χ1n) is 9.19. The molecule has 0 radical (unpaired) electrons. The third-order valence-corrected chi connectivity index (χ3v) is 5.52. The number of aromatic nitrogens is 5. The van der Waals surface area contributed by atoms with Gasteiger partial charge in [-0.15, -0.1) is 10.2 Å². The first-order valence-corrected chi connectivity index (χ1v) is 9.19. The second kappa shape index (κ2) is 6.48. The minimum Gasteiger partial charge on any atom is -0.341 e. The molecule has 1 saturated carbocycles. The summed E-state index contributed by atoms with van der Waals surface area (Å²) >= 11 is 0. The maximum absolute atomic E-state index is 5.90. The third-order valence-electron chi connectivity index (χ3n) is 5.52. The minimum atomic E-state index is 0.322. The first-order chi connectivity index (χ1) is 12.4. The molecule has 26 heavy (non-hydrogen) atoms. The fraction of sp³-hybridized carbons (Fsp3) is 0.526. The molecule has 4 rings (SSSR count). The predicted octanol–water partition coefficient (Wildman–Crippen LogP) is 2.14. The van der Waals surface area contributed by atoms with Gasteiger partial charge < -0.3 is 15.3 Å². The largest absolute Gasteiger partial charge is 0.341 e. The summed E-state index contributed by atoms with van der Waals surface area (Å²) in [5.74, 6) is 3.47. The molecule has 3 N–H and O–H groups in total. The number of benzene rings is 1. The monoisotopic (exact) mass is 353 g/mol.